The summed E-state index contributed by atoms with van der Waals surface area (Å²) < 4.78 is 6.95. The van der Waals surface area contributed by atoms with E-state index in [-0.39, 0.29) is 11.9 Å². The summed E-state index contributed by atoms with van der Waals surface area (Å²) in [5.41, 5.74) is 3.02. The molecule has 102 valence electrons. The molecule has 19 heavy (non-hydrogen) atoms. The van der Waals surface area contributed by atoms with Gasteiger partial charge in [-0.2, -0.15) is 0 Å². The van der Waals surface area contributed by atoms with Crippen molar-refractivity contribution < 1.29 is 9.53 Å². The molecule has 1 heterocycles. The summed E-state index contributed by atoms with van der Waals surface area (Å²) in [5.74, 6) is 0.660. The van der Waals surface area contributed by atoms with Crippen LogP contribution in [0.25, 0.3) is 11.0 Å². The van der Waals surface area contributed by atoms with Crippen LogP contribution in [0.3, 0.4) is 0 Å². The van der Waals surface area contributed by atoms with Crippen LogP contribution in [-0.2, 0) is 23.0 Å². The molecular formula is C15H20N2O2. The number of nitrogens with zero attached hydrogens (tertiary/aromatic N) is 2. The normalized spacial score (nSPS) is 12.6. The number of imidazole rings is 1. The molecule has 1 aromatic carbocycles. The summed E-state index contributed by atoms with van der Waals surface area (Å²) in [7, 11) is 3.45. The summed E-state index contributed by atoms with van der Waals surface area (Å²) >= 11 is 0. The van der Waals surface area contributed by atoms with E-state index in [0.717, 1.165) is 35.3 Å². The van der Waals surface area contributed by atoms with Crippen molar-refractivity contribution in [1.29, 1.82) is 0 Å². The summed E-state index contributed by atoms with van der Waals surface area (Å²) in [6.45, 7) is 4.08. The zero-order valence-electron chi connectivity index (χ0n) is 11.9. The fraction of sp³-hybridized carbons (Fsp3) is 0.467. The molecule has 0 aliphatic carbocycles. The first-order valence-corrected chi connectivity index (χ1v) is 6.65. The molecule has 1 atom stereocenters. The van der Waals surface area contributed by atoms with Crippen molar-refractivity contribution >= 4 is 17.0 Å². The maximum Gasteiger partial charge on any atom is 0.313 e. The first kappa shape index (κ1) is 13.6. The number of hydrogen-bond acceptors (Lipinski definition) is 3. The van der Waals surface area contributed by atoms with E-state index in [2.05, 4.69) is 16.5 Å². The van der Waals surface area contributed by atoms with Gasteiger partial charge in [-0.1, -0.05) is 19.9 Å². The average molecular weight is 260 g/mol. The highest BCUT2D eigenvalue weighted by Crippen LogP contribution is 2.25. The molecule has 1 unspecified atom stereocenters. The lowest BCUT2D eigenvalue weighted by molar-refractivity contribution is -0.142. The highest BCUT2D eigenvalue weighted by Gasteiger charge is 2.20. The lowest BCUT2D eigenvalue weighted by atomic mass is 9.96. The van der Waals surface area contributed by atoms with Crippen molar-refractivity contribution in [3.63, 3.8) is 0 Å². The molecule has 0 saturated heterocycles. The van der Waals surface area contributed by atoms with Gasteiger partial charge in [0.15, 0.2) is 0 Å². The van der Waals surface area contributed by atoms with Crippen molar-refractivity contribution in [3.05, 3.63) is 29.6 Å². The molecule has 0 bridgehead atoms. The van der Waals surface area contributed by atoms with Crippen LogP contribution >= 0.6 is 0 Å². The van der Waals surface area contributed by atoms with Gasteiger partial charge < -0.3 is 9.30 Å². The van der Waals surface area contributed by atoms with Gasteiger partial charge in [0.05, 0.1) is 24.1 Å². The molecule has 1 aromatic heterocycles. The monoisotopic (exact) mass is 260 g/mol. The minimum Gasteiger partial charge on any atom is -0.469 e. The van der Waals surface area contributed by atoms with E-state index in [0.29, 0.717) is 0 Å². The molecule has 0 amide bonds. The smallest absolute Gasteiger partial charge is 0.313 e. The number of benzene rings is 1. The molecule has 0 N–H and O–H groups in total. The topological polar surface area (TPSA) is 44.1 Å². The zero-order chi connectivity index (χ0) is 14.0. The number of fused-ring (bicyclic) bond motifs is 1. The molecule has 0 saturated carbocycles. The third-order valence-corrected chi connectivity index (χ3v) is 3.61. The fourth-order valence-corrected chi connectivity index (χ4v) is 2.48. The third-order valence-electron chi connectivity index (χ3n) is 3.61. The summed E-state index contributed by atoms with van der Waals surface area (Å²) in [6, 6.07) is 6.02. The molecule has 2 rings (SSSR count). The second-order valence-electron chi connectivity index (χ2n) is 4.67. The number of ether oxygens (including phenoxy) is 1. The number of methoxy groups -OCH3 is 1. The molecule has 4 heteroatoms. The first-order valence-electron chi connectivity index (χ1n) is 6.65. The molecule has 0 aliphatic rings. The van der Waals surface area contributed by atoms with E-state index < -0.39 is 0 Å². The van der Waals surface area contributed by atoms with Crippen molar-refractivity contribution in [1.82, 2.24) is 9.55 Å². The molecule has 4 nitrogen and oxygen atoms in total. The average Bonchev–Trinajstić information content (AvgIpc) is 2.75. The van der Waals surface area contributed by atoms with Gasteiger partial charge in [0.1, 0.15) is 5.82 Å². The van der Waals surface area contributed by atoms with Crippen molar-refractivity contribution in [2.45, 2.75) is 32.6 Å². The largest absolute Gasteiger partial charge is 0.469 e. The zero-order valence-corrected chi connectivity index (χ0v) is 11.9. The van der Waals surface area contributed by atoms with Gasteiger partial charge >= 0.3 is 5.97 Å². The second kappa shape index (κ2) is 5.43. The maximum atomic E-state index is 11.8. The first-order chi connectivity index (χ1) is 9.12. The van der Waals surface area contributed by atoms with E-state index in [1.165, 1.54) is 7.11 Å². The van der Waals surface area contributed by atoms with Crippen LogP contribution in [0.5, 0.6) is 0 Å². The van der Waals surface area contributed by atoms with E-state index in [1.54, 1.807) is 0 Å². The van der Waals surface area contributed by atoms with Crippen LogP contribution in [0.1, 0.15) is 37.6 Å². The van der Waals surface area contributed by atoms with Gasteiger partial charge in [0.2, 0.25) is 0 Å². The molecule has 0 spiro atoms. The van der Waals surface area contributed by atoms with Gasteiger partial charge in [-0.25, -0.2) is 4.98 Å². The van der Waals surface area contributed by atoms with Crippen molar-refractivity contribution in [3.8, 4) is 0 Å². The number of hydrogen-bond donors (Lipinski definition) is 0. The maximum absolute atomic E-state index is 11.8. The Morgan fingerprint density at radius 3 is 2.74 bits per heavy atom. The van der Waals surface area contributed by atoms with E-state index in [1.807, 2.05) is 32.2 Å². The Morgan fingerprint density at radius 1 is 1.42 bits per heavy atom. The number of aryl methyl sites for hydroxylation is 2. The van der Waals surface area contributed by atoms with Crippen LogP contribution in [0.15, 0.2) is 18.2 Å². The van der Waals surface area contributed by atoms with Crippen molar-refractivity contribution in [2.24, 2.45) is 7.05 Å². The number of esters is 1. The van der Waals surface area contributed by atoms with Crippen LogP contribution < -0.4 is 0 Å². The minimum absolute atomic E-state index is 0.187. The minimum atomic E-state index is -0.207. The Bertz CT molecular complexity index is 601. The summed E-state index contributed by atoms with van der Waals surface area (Å²) in [5, 5.41) is 0. The SMILES string of the molecule is CCc1nc2cc(C(CC)C(=O)OC)ccc2n1C. The lowest BCUT2D eigenvalue weighted by Gasteiger charge is -2.12. The standard InChI is InChI=1S/C15H20N2O2/c1-5-11(15(18)19-4)10-7-8-13-12(9-10)16-14(6-2)17(13)3/h7-9,11H,5-6H2,1-4H3. The fourth-order valence-electron chi connectivity index (χ4n) is 2.48. The van der Waals surface area contributed by atoms with Gasteiger partial charge in [0, 0.05) is 13.5 Å². The molecule has 0 aliphatic heterocycles. The van der Waals surface area contributed by atoms with E-state index in [4.69, 9.17) is 4.74 Å². The lowest BCUT2D eigenvalue weighted by Crippen LogP contribution is -2.13. The van der Waals surface area contributed by atoms with Crippen LogP contribution in [0.4, 0.5) is 0 Å². The van der Waals surface area contributed by atoms with Gasteiger partial charge in [-0.3, -0.25) is 4.79 Å². The Labute approximate surface area is 113 Å². The molecule has 0 fully saturated rings. The highest BCUT2D eigenvalue weighted by molar-refractivity contribution is 5.82. The second-order valence-corrected chi connectivity index (χ2v) is 4.67. The Kier molecular flexibility index (Phi) is 3.88. The van der Waals surface area contributed by atoms with E-state index >= 15 is 0 Å². The summed E-state index contributed by atoms with van der Waals surface area (Å²) in [6.07, 6.45) is 1.63. The highest BCUT2D eigenvalue weighted by atomic mass is 16.5. The third kappa shape index (κ3) is 2.35. The van der Waals surface area contributed by atoms with Crippen LogP contribution in [-0.4, -0.2) is 22.6 Å². The molecular weight excluding hydrogens is 240 g/mol. The number of aromatic nitrogens is 2. The Balaban J connectivity index is 2.49. The molecule has 0 radical (unpaired) electrons. The number of rotatable bonds is 4. The van der Waals surface area contributed by atoms with Crippen molar-refractivity contribution in [2.75, 3.05) is 7.11 Å². The van der Waals surface area contributed by atoms with E-state index in [9.17, 15) is 4.79 Å². The summed E-state index contributed by atoms with van der Waals surface area (Å²) in [4.78, 5) is 16.4. The van der Waals surface area contributed by atoms with Gasteiger partial charge in [-0.05, 0) is 24.1 Å². The Hall–Kier alpha value is -1.84. The quantitative estimate of drug-likeness (QED) is 0.794. The molecule has 2 aromatic rings. The number of carbonyl (C=O) groups is 1. The predicted octanol–water partition coefficient (Wildman–Crippen LogP) is 2.80. The van der Waals surface area contributed by atoms with Crippen LogP contribution in [0.2, 0.25) is 0 Å². The van der Waals surface area contributed by atoms with Gasteiger partial charge in [0.25, 0.3) is 0 Å². The van der Waals surface area contributed by atoms with Crippen LogP contribution in [0, 0.1) is 0 Å². The predicted molar refractivity (Wildman–Crippen MR) is 75.1 cm³/mol. The number of carbonyl (C=O) groups excluding carboxylic acids is 1. The van der Waals surface area contributed by atoms with Gasteiger partial charge in [-0.15, -0.1) is 0 Å². The Morgan fingerprint density at radius 2 is 2.16 bits per heavy atom.